The largest absolute Gasteiger partial charge is 0.396 e. The maximum Gasteiger partial charge on any atom is 0.158 e. The molecule has 248 valence electrons. The predicted molar refractivity (Wildman–Crippen MR) is 170 cm³/mol. The van der Waals surface area contributed by atoms with Crippen molar-refractivity contribution in [3.8, 4) is 0 Å². The van der Waals surface area contributed by atoms with Crippen LogP contribution in [-0.2, 0) is 28.4 Å². The second-order valence-corrected chi connectivity index (χ2v) is 13.4. The summed E-state index contributed by atoms with van der Waals surface area (Å²) in [5.74, 6) is 0.456. The van der Waals surface area contributed by atoms with E-state index in [1.807, 2.05) is 0 Å². The van der Waals surface area contributed by atoms with Crippen LogP contribution >= 0.6 is 0 Å². The molecule has 0 aromatic rings. The molecule has 0 spiro atoms. The third kappa shape index (κ3) is 12.1. The standard InChI is InChI=1S/C36H62O7/c1-3-4-12-22-36(2,43-35-20-11-16-27-40-35)23-21-30-29(17-8-6-5-7-13-24-37)31(41-33-18-9-14-25-38-33)28-32(30)42-34-19-10-15-26-39-34/h6,8,21,23,29-35,37H,3-5,7,9-20,22,24-28H2,1-2H3/b8-6-,23-21+/t29-,30-,31+,32-,33?,34?,35?,36+/m1/s1. The number of aliphatic hydroxyl groups excluding tert-OH is 1. The molecule has 4 rings (SSSR count). The van der Waals surface area contributed by atoms with Gasteiger partial charge in [0.05, 0.1) is 17.8 Å². The number of aliphatic hydroxyl groups is 1. The summed E-state index contributed by atoms with van der Waals surface area (Å²) in [7, 11) is 0. The fraction of sp³-hybridized carbons (Fsp3) is 0.889. The van der Waals surface area contributed by atoms with Gasteiger partial charge in [0.1, 0.15) is 0 Å². The van der Waals surface area contributed by atoms with Crippen molar-refractivity contribution in [2.45, 2.75) is 166 Å². The van der Waals surface area contributed by atoms with Crippen LogP contribution in [0, 0.1) is 11.8 Å². The first-order valence-corrected chi connectivity index (χ1v) is 17.9. The summed E-state index contributed by atoms with van der Waals surface area (Å²) in [5.41, 5.74) is -0.390. The number of hydrogen-bond donors (Lipinski definition) is 1. The van der Waals surface area contributed by atoms with E-state index >= 15 is 0 Å². The average Bonchev–Trinajstić information content (AvgIpc) is 3.34. The van der Waals surface area contributed by atoms with E-state index < -0.39 is 0 Å². The van der Waals surface area contributed by atoms with E-state index in [1.165, 1.54) is 12.8 Å². The van der Waals surface area contributed by atoms with E-state index in [0.717, 1.165) is 123 Å². The summed E-state index contributed by atoms with van der Waals surface area (Å²) < 4.78 is 38.4. The van der Waals surface area contributed by atoms with Crippen molar-refractivity contribution < 1.29 is 33.5 Å². The van der Waals surface area contributed by atoms with Crippen LogP contribution in [0.5, 0.6) is 0 Å². The van der Waals surface area contributed by atoms with Crippen LogP contribution in [0.25, 0.3) is 0 Å². The molecule has 0 radical (unpaired) electrons. The van der Waals surface area contributed by atoms with E-state index in [1.54, 1.807) is 0 Å². The van der Waals surface area contributed by atoms with E-state index in [2.05, 4.69) is 38.2 Å². The van der Waals surface area contributed by atoms with Crippen LogP contribution in [0.4, 0.5) is 0 Å². The fourth-order valence-electron chi connectivity index (χ4n) is 7.06. The fourth-order valence-corrected chi connectivity index (χ4v) is 7.06. The van der Waals surface area contributed by atoms with Crippen LogP contribution < -0.4 is 0 Å². The van der Waals surface area contributed by atoms with Gasteiger partial charge in [-0.3, -0.25) is 0 Å². The van der Waals surface area contributed by atoms with Crippen LogP contribution in [0.15, 0.2) is 24.3 Å². The number of rotatable bonds is 18. The Labute approximate surface area is 262 Å². The maximum absolute atomic E-state index is 9.18. The van der Waals surface area contributed by atoms with E-state index in [4.69, 9.17) is 28.4 Å². The van der Waals surface area contributed by atoms with Crippen LogP contribution in [0.3, 0.4) is 0 Å². The molecule has 0 amide bonds. The summed E-state index contributed by atoms with van der Waals surface area (Å²) in [6.07, 6.45) is 27.8. The molecule has 3 aliphatic heterocycles. The van der Waals surface area contributed by atoms with Gasteiger partial charge in [0.15, 0.2) is 18.9 Å². The zero-order valence-electron chi connectivity index (χ0n) is 27.3. The monoisotopic (exact) mass is 606 g/mol. The molecule has 1 saturated carbocycles. The summed E-state index contributed by atoms with van der Waals surface area (Å²) in [6.45, 7) is 7.10. The average molecular weight is 607 g/mol. The van der Waals surface area contributed by atoms with Crippen molar-refractivity contribution in [2.75, 3.05) is 26.4 Å². The molecule has 4 aliphatic rings. The Balaban J connectivity index is 1.55. The molecule has 0 aromatic heterocycles. The van der Waals surface area contributed by atoms with Gasteiger partial charge in [-0.15, -0.1) is 0 Å². The normalized spacial score (nSPS) is 33.8. The van der Waals surface area contributed by atoms with Crippen molar-refractivity contribution in [1.29, 1.82) is 0 Å². The molecular formula is C36H62O7. The molecule has 3 saturated heterocycles. The van der Waals surface area contributed by atoms with Gasteiger partial charge in [-0.05, 0) is 103 Å². The number of unbranched alkanes of at least 4 members (excludes halogenated alkanes) is 4. The smallest absolute Gasteiger partial charge is 0.158 e. The third-order valence-electron chi connectivity index (χ3n) is 9.63. The zero-order valence-corrected chi connectivity index (χ0v) is 27.3. The van der Waals surface area contributed by atoms with Crippen molar-refractivity contribution in [2.24, 2.45) is 11.8 Å². The summed E-state index contributed by atoms with van der Waals surface area (Å²) >= 11 is 0. The number of allylic oxidation sites excluding steroid dienone is 2. The molecule has 0 bridgehead atoms. The summed E-state index contributed by atoms with van der Waals surface area (Å²) in [6, 6.07) is 0. The molecule has 7 nitrogen and oxygen atoms in total. The quantitative estimate of drug-likeness (QED) is 0.125. The highest BCUT2D eigenvalue weighted by atomic mass is 16.7. The summed E-state index contributed by atoms with van der Waals surface area (Å²) in [5, 5.41) is 9.18. The SMILES string of the molecule is CCCCC[C@@](C)(/C=C/[C@@H]1[C@@H](C/C=C\CCCCO)[C@@H](OC2CCCCO2)C[C@H]1OC1CCCCO1)OC1CCCCO1. The third-order valence-corrected chi connectivity index (χ3v) is 9.63. The number of ether oxygens (including phenoxy) is 6. The highest BCUT2D eigenvalue weighted by Crippen LogP contribution is 2.43. The molecule has 0 aromatic carbocycles. The minimum absolute atomic E-state index is 0.0200. The minimum Gasteiger partial charge on any atom is -0.396 e. The maximum atomic E-state index is 9.18. The number of hydrogen-bond acceptors (Lipinski definition) is 7. The molecule has 4 fully saturated rings. The lowest BCUT2D eigenvalue weighted by Crippen LogP contribution is -2.36. The van der Waals surface area contributed by atoms with Gasteiger partial charge in [-0.1, -0.05) is 50.5 Å². The first kappa shape index (κ1) is 35.1. The van der Waals surface area contributed by atoms with Gasteiger partial charge in [-0.2, -0.15) is 0 Å². The van der Waals surface area contributed by atoms with Crippen molar-refractivity contribution in [3.05, 3.63) is 24.3 Å². The lowest BCUT2D eigenvalue weighted by Gasteiger charge is -2.35. The molecule has 1 N–H and O–H groups in total. The highest BCUT2D eigenvalue weighted by molar-refractivity contribution is 5.10. The Morgan fingerprint density at radius 3 is 2.02 bits per heavy atom. The van der Waals surface area contributed by atoms with Gasteiger partial charge in [-0.25, -0.2) is 0 Å². The van der Waals surface area contributed by atoms with Crippen molar-refractivity contribution in [1.82, 2.24) is 0 Å². The van der Waals surface area contributed by atoms with E-state index in [9.17, 15) is 5.11 Å². The Bertz CT molecular complexity index is 784. The van der Waals surface area contributed by atoms with Gasteiger partial charge in [0.2, 0.25) is 0 Å². The van der Waals surface area contributed by atoms with Crippen molar-refractivity contribution in [3.63, 3.8) is 0 Å². The summed E-state index contributed by atoms with van der Waals surface area (Å²) in [4.78, 5) is 0. The van der Waals surface area contributed by atoms with Gasteiger partial charge < -0.3 is 33.5 Å². The molecule has 3 unspecified atom stereocenters. The molecule has 7 heteroatoms. The van der Waals surface area contributed by atoms with Crippen molar-refractivity contribution >= 4 is 0 Å². The Kier molecular flexibility index (Phi) is 16.0. The Morgan fingerprint density at radius 1 is 0.767 bits per heavy atom. The lowest BCUT2D eigenvalue weighted by atomic mass is 9.87. The Morgan fingerprint density at radius 2 is 1.42 bits per heavy atom. The second kappa shape index (κ2) is 19.7. The van der Waals surface area contributed by atoms with Crippen LogP contribution in [0.1, 0.15) is 129 Å². The minimum atomic E-state index is -0.390. The topological polar surface area (TPSA) is 75.6 Å². The molecule has 1 aliphatic carbocycles. The van der Waals surface area contributed by atoms with Crippen LogP contribution in [-0.4, -0.2) is 68.2 Å². The molecular weight excluding hydrogens is 544 g/mol. The first-order valence-electron chi connectivity index (χ1n) is 17.9. The predicted octanol–water partition coefficient (Wildman–Crippen LogP) is 7.99. The molecule has 3 heterocycles. The first-order chi connectivity index (χ1) is 21.1. The van der Waals surface area contributed by atoms with Gasteiger partial charge >= 0.3 is 0 Å². The second-order valence-electron chi connectivity index (χ2n) is 13.4. The lowest BCUT2D eigenvalue weighted by molar-refractivity contribution is -0.208. The zero-order chi connectivity index (χ0) is 30.2. The Hall–Kier alpha value is -0.800. The van der Waals surface area contributed by atoms with Gasteiger partial charge in [0, 0.05) is 38.8 Å². The molecule has 43 heavy (non-hydrogen) atoms. The highest BCUT2D eigenvalue weighted by Gasteiger charge is 2.45. The van der Waals surface area contributed by atoms with Gasteiger partial charge in [0.25, 0.3) is 0 Å². The van der Waals surface area contributed by atoms with Crippen LogP contribution in [0.2, 0.25) is 0 Å². The van der Waals surface area contributed by atoms with E-state index in [-0.39, 0.29) is 55.1 Å². The molecule has 8 atom stereocenters. The van der Waals surface area contributed by atoms with E-state index in [0.29, 0.717) is 0 Å².